The lowest BCUT2D eigenvalue weighted by Gasteiger charge is -2.46. The maximum Gasteiger partial charge on any atom is 0.405 e. The van der Waals surface area contributed by atoms with E-state index >= 15 is 0 Å². The number of cyclic esters (lactones) is 1. The number of ether oxygens (including phenoxy) is 1. The van der Waals surface area contributed by atoms with Crippen LogP contribution in [0.5, 0.6) is 0 Å². The fourth-order valence-electron chi connectivity index (χ4n) is 6.13. The summed E-state index contributed by atoms with van der Waals surface area (Å²) < 4.78 is 71.2. The Bertz CT molecular complexity index is 1760. The Hall–Kier alpha value is -3.57. The summed E-state index contributed by atoms with van der Waals surface area (Å²) in [6.45, 7) is 3.23. The van der Waals surface area contributed by atoms with Gasteiger partial charge in [-0.1, -0.05) is 0 Å². The van der Waals surface area contributed by atoms with Crippen molar-refractivity contribution in [2.24, 2.45) is 5.92 Å². The molecule has 0 unspecified atom stereocenters. The molecule has 0 saturated carbocycles. The number of nitrogens with one attached hydrogen (secondary N) is 1. The van der Waals surface area contributed by atoms with Crippen LogP contribution >= 0.6 is 22.6 Å². The quantitative estimate of drug-likeness (QED) is 0.138. The summed E-state index contributed by atoms with van der Waals surface area (Å²) in [5.74, 6) is -0.632. The number of pyridine rings is 1. The summed E-state index contributed by atoms with van der Waals surface area (Å²) in [4.78, 5) is 38.4. The van der Waals surface area contributed by atoms with Gasteiger partial charge in [-0.25, -0.2) is 9.37 Å². The molecule has 2 fully saturated rings. The second-order valence-electron chi connectivity index (χ2n) is 12.3. The van der Waals surface area contributed by atoms with Crippen LogP contribution in [0.25, 0.3) is 22.3 Å². The molecule has 1 aromatic carbocycles. The van der Waals surface area contributed by atoms with Gasteiger partial charge < -0.3 is 18.9 Å². The van der Waals surface area contributed by atoms with Gasteiger partial charge in [0.2, 0.25) is 11.8 Å². The van der Waals surface area contributed by atoms with Gasteiger partial charge in [-0.05, 0) is 73.2 Å². The highest BCUT2D eigenvalue weighted by Gasteiger charge is 2.44. The third-order valence-electron chi connectivity index (χ3n) is 8.68. The van der Waals surface area contributed by atoms with Crippen molar-refractivity contribution in [2.75, 3.05) is 32.7 Å². The fourth-order valence-corrected chi connectivity index (χ4v) is 6.71. The molecule has 1 amide bonds. The first kappa shape index (κ1) is 33.3. The summed E-state index contributed by atoms with van der Waals surface area (Å²) >= 11 is 2.13. The Morgan fingerprint density at radius 2 is 1.87 bits per heavy atom. The van der Waals surface area contributed by atoms with Gasteiger partial charge in [0.25, 0.3) is 0 Å². The predicted molar refractivity (Wildman–Crippen MR) is 169 cm³/mol. The lowest BCUT2D eigenvalue weighted by molar-refractivity contribution is -0.148. The minimum Gasteiger partial charge on any atom is -0.461 e. The zero-order chi connectivity index (χ0) is 33.5. The Labute approximate surface area is 281 Å². The summed E-state index contributed by atoms with van der Waals surface area (Å²) in [6, 6.07) is 6.65. The number of piperazine rings is 1. The average Bonchev–Trinajstić information content (AvgIpc) is 3.76. The molecular weight excluding hydrogens is 737 g/mol. The first-order chi connectivity index (χ1) is 22.3. The third-order valence-corrected chi connectivity index (χ3v) is 9.45. The molecule has 15 heteroatoms. The highest BCUT2D eigenvalue weighted by atomic mass is 127. The van der Waals surface area contributed by atoms with Gasteiger partial charge in [0.05, 0.1) is 21.2 Å². The van der Waals surface area contributed by atoms with Crippen molar-refractivity contribution in [1.29, 1.82) is 0 Å². The van der Waals surface area contributed by atoms with E-state index in [-0.39, 0.29) is 24.9 Å². The number of benzene rings is 1. The van der Waals surface area contributed by atoms with E-state index in [9.17, 15) is 27.2 Å². The molecule has 4 aromatic rings. The van der Waals surface area contributed by atoms with Crippen molar-refractivity contribution in [1.82, 2.24) is 25.1 Å². The number of nitrogens with zero attached hydrogens (tertiary/aromatic N) is 4. The molecule has 1 N–H and O–H groups in total. The van der Waals surface area contributed by atoms with Gasteiger partial charge in [-0.15, -0.1) is 0 Å². The molecule has 3 atom stereocenters. The van der Waals surface area contributed by atoms with E-state index < -0.39 is 42.2 Å². The van der Waals surface area contributed by atoms with Gasteiger partial charge in [0.1, 0.15) is 30.3 Å². The molecule has 0 spiro atoms. The number of carbonyl (C=O) groups is 2. The molecule has 47 heavy (non-hydrogen) atoms. The number of furan rings is 1. The van der Waals surface area contributed by atoms with Gasteiger partial charge in [0, 0.05) is 55.9 Å². The third kappa shape index (κ3) is 7.46. The van der Waals surface area contributed by atoms with E-state index in [2.05, 4.69) is 32.6 Å². The van der Waals surface area contributed by atoms with Crippen LogP contribution in [0.3, 0.4) is 0 Å². The van der Waals surface area contributed by atoms with Crippen LogP contribution in [-0.4, -0.2) is 82.7 Å². The Morgan fingerprint density at radius 1 is 1.11 bits per heavy atom. The standard InChI is InChI=1S/C32H32F4IN5O5/c1-31(2,30-39-14-26(47-30)18-3-5-21(33)6-4-18)42-8-7-41(25(16-42)28(43)40-17-32(34,35)36)15-23-10-19(29(44)46-23)9-22-11-20-12-38-13-24(37)27(20)45-22/h3-6,11-14,19,23,25H,7-10,15-17H2,1-2H3,(H,40,43)/t19-,23+,25+/m1/s1. The SMILES string of the molecule is CC(C)(c1ncc(-c2ccc(F)cc2)o1)N1CCN(C[C@@H]2C[C@@H](Cc3cc4cncc(I)c4o3)C(=O)O2)[C@H](C(=O)NCC(F)(F)F)C1. The zero-order valence-electron chi connectivity index (χ0n) is 25.5. The highest BCUT2D eigenvalue weighted by Crippen LogP contribution is 2.34. The minimum absolute atomic E-state index is 0.0701. The van der Waals surface area contributed by atoms with Crippen molar-refractivity contribution in [2.45, 2.75) is 50.6 Å². The molecule has 6 rings (SSSR count). The molecular formula is C32H32F4IN5O5. The average molecular weight is 770 g/mol. The lowest BCUT2D eigenvalue weighted by atomic mass is 9.97. The number of hydrogen-bond acceptors (Lipinski definition) is 9. The minimum atomic E-state index is -4.58. The smallest absolute Gasteiger partial charge is 0.405 e. The van der Waals surface area contributed by atoms with E-state index in [1.807, 2.05) is 30.1 Å². The molecule has 3 aromatic heterocycles. The molecule has 10 nitrogen and oxygen atoms in total. The summed E-state index contributed by atoms with van der Waals surface area (Å²) in [5.41, 5.74) is 0.479. The Kier molecular flexibility index (Phi) is 9.32. The monoisotopic (exact) mass is 769 g/mol. The zero-order valence-corrected chi connectivity index (χ0v) is 27.7. The summed E-state index contributed by atoms with van der Waals surface area (Å²) in [7, 11) is 0. The fraction of sp³-hybridized carbons (Fsp3) is 0.438. The van der Waals surface area contributed by atoms with Gasteiger partial charge in [-0.2, -0.15) is 13.2 Å². The van der Waals surface area contributed by atoms with Gasteiger partial charge in [0.15, 0.2) is 11.3 Å². The molecule has 0 bridgehead atoms. The number of halogens is 5. The second kappa shape index (κ2) is 13.1. The molecule has 0 radical (unpaired) electrons. The molecule has 2 saturated heterocycles. The first-order valence-electron chi connectivity index (χ1n) is 15.0. The predicted octanol–water partition coefficient (Wildman–Crippen LogP) is 5.30. The molecule has 5 heterocycles. The van der Waals surface area contributed by atoms with Crippen LogP contribution in [0, 0.1) is 15.3 Å². The number of oxazole rings is 1. The maximum absolute atomic E-state index is 13.4. The van der Waals surface area contributed by atoms with Crippen molar-refractivity contribution in [3.05, 3.63) is 70.0 Å². The topological polar surface area (TPSA) is 114 Å². The van der Waals surface area contributed by atoms with Crippen molar-refractivity contribution in [3.63, 3.8) is 0 Å². The number of hydrogen-bond donors (Lipinski definition) is 1. The lowest BCUT2D eigenvalue weighted by Crippen LogP contribution is -2.63. The summed E-state index contributed by atoms with van der Waals surface area (Å²) in [6.07, 6.45) is 0.473. The number of fused-ring (bicyclic) bond motifs is 1. The largest absolute Gasteiger partial charge is 0.461 e. The number of rotatable bonds is 9. The molecule has 250 valence electrons. The number of aromatic nitrogens is 2. The number of alkyl halides is 3. The van der Waals surface area contributed by atoms with E-state index in [0.717, 1.165) is 8.96 Å². The second-order valence-corrected chi connectivity index (χ2v) is 13.5. The van der Waals surface area contributed by atoms with Gasteiger partial charge >= 0.3 is 12.1 Å². The molecule has 2 aliphatic rings. The van der Waals surface area contributed by atoms with Crippen LogP contribution in [0.1, 0.15) is 31.9 Å². The van der Waals surface area contributed by atoms with Crippen LogP contribution in [0.2, 0.25) is 0 Å². The van der Waals surface area contributed by atoms with Crippen LogP contribution in [-0.2, 0) is 26.3 Å². The van der Waals surface area contributed by atoms with Crippen molar-refractivity contribution < 1.29 is 40.7 Å². The van der Waals surface area contributed by atoms with E-state index in [1.165, 1.54) is 18.3 Å². The Balaban J connectivity index is 1.15. The van der Waals surface area contributed by atoms with Crippen LogP contribution < -0.4 is 5.32 Å². The maximum atomic E-state index is 13.4. The normalized spacial score (nSPS) is 21.3. The first-order valence-corrected chi connectivity index (χ1v) is 16.1. The number of esters is 1. The van der Waals surface area contributed by atoms with E-state index in [0.29, 0.717) is 54.5 Å². The van der Waals surface area contributed by atoms with Crippen LogP contribution in [0.15, 0.2) is 57.8 Å². The van der Waals surface area contributed by atoms with E-state index in [1.54, 1.807) is 29.4 Å². The number of amides is 1. The van der Waals surface area contributed by atoms with Crippen molar-refractivity contribution >= 4 is 45.4 Å². The number of carbonyl (C=O) groups excluding carboxylic acids is 2. The van der Waals surface area contributed by atoms with Crippen molar-refractivity contribution in [3.8, 4) is 11.3 Å². The molecule has 2 aliphatic heterocycles. The summed E-state index contributed by atoms with van der Waals surface area (Å²) in [5, 5.41) is 2.86. The van der Waals surface area contributed by atoms with E-state index in [4.69, 9.17) is 13.6 Å². The highest BCUT2D eigenvalue weighted by molar-refractivity contribution is 14.1. The Morgan fingerprint density at radius 3 is 2.60 bits per heavy atom. The van der Waals surface area contributed by atoms with Gasteiger partial charge in [-0.3, -0.25) is 24.4 Å². The molecule has 0 aliphatic carbocycles. The van der Waals surface area contributed by atoms with Crippen LogP contribution in [0.4, 0.5) is 17.6 Å².